The number of nitrogens with zero attached hydrogens (tertiary/aromatic N) is 1. The summed E-state index contributed by atoms with van der Waals surface area (Å²) in [6.07, 6.45) is -3.73. The maximum absolute atomic E-state index is 12.5. The van der Waals surface area contributed by atoms with Crippen molar-refractivity contribution in [1.29, 1.82) is 0 Å². The third kappa shape index (κ3) is 4.85. The fraction of sp³-hybridized carbons (Fsp3) is 0.500. The van der Waals surface area contributed by atoms with E-state index in [-0.39, 0.29) is 5.56 Å². The van der Waals surface area contributed by atoms with E-state index < -0.39 is 24.7 Å². The van der Waals surface area contributed by atoms with Gasteiger partial charge in [0.25, 0.3) is 5.91 Å². The molecule has 1 aromatic rings. The number of alkyl halides is 3. The van der Waals surface area contributed by atoms with Crippen molar-refractivity contribution >= 4 is 5.91 Å². The van der Waals surface area contributed by atoms with Gasteiger partial charge in [-0.2, -0.15) is 13.2 Å². The molecular weight excluding hydrogens is 269 g/mol. The Kier molecular flexibility index (Phi) is 5.56. The number of hydrogen-bond donors (Lipinski definition) is 1. The molecular formula is C14H19F3N2O. The summed E-state index contributed by atoms with van der Waals surface area (Å²) in [5.74, 6) is -0.614. The van der Waals surface area contributed by atoms with Crippen molar-refractivity contribution in [2.75, 3.05) is 13.1 Å². The second kappa shape index (κ2) is 6.74. The Hall–Kier alpha value is -1.56. The highest BCUT2D eigenvalue weighted by atomic mass is 19.4. The molecule has 1 aromatic carbocycles. The number of carbonyl (C=O) groups excluding carboxylic acids is 1. The van der Waals surface area contributed by atoms with Gasteiger partial charge in [0.05, 0.1) is 0 Å². The second-order valence-electron chi connectivity index (χ2n) is 4.88. The van der Waals surface area contributed by atoms with E-state index in [9.17, 15) is 18.0 Å². The Bertz CT molecular complexity index is 441. The first-order chi connectivity index (χ1) is 9.24. The first-order valence-corrected chi connectivity index (χ1v) is 6.41. The molecule has 1 amide bonds. The predicted octanol–water partition coefficient (Wildman–Crippen LogP) is 2.60. The van der Waals surface area contributed by atoms with Gasteiger partial charge < -0.3 is 10.6 Å². The minimum Gasteiger partial charge on any atom is -0.330 e. The van der Waals surface area contributed by atoms with Gasteiger partial charge in [0.2, 0.25) is 0 Å². The minimum atomic E-state index is -4.40. The molecule has 0 aliphatic rings. The largest absolute Gasteiger partial charge is 0.406 e. The lowest BCUT2D eigenvalue weighted by molar-refractivity contribution is -0.143. The zero-order chi connectivity index (χ0) is 15.3. The zero-order valence-corrected chi connectivity index (χ0v) is 11.6. The Labute approximate surface area is 116 Å². The van der Waals surface area contributed by atoms with Gasteiger partial charge in [0.1, 0.15) is 6.54 Å². The van der Waals surface area contributed by atoms with Crippen LogP contribution in [0.4, 0.5) is 13.2 Å². The van der Waals surface area contributed by atoms with Crippen LogP contribution in [-0.2, 0) is 6.42 Å². The fourth-order valence-corrected chi connectivity index (χ4v) is 1.83. The number of nitrogens with two attached hydrogens (primary N) is 1. The highest BCUT2D eigenvalue weighted by Crippen LogP contribution is 2.20. The molecule has 0 radical (unpaired) electrons. The molecule has 3 nitrogen and oxygen atoms in total. The van der Waals surface area contributed by atoms with E-state index in [2.05, 4.69) is 0 Å². The predicted molar refractivity (Wildman–Crippen MR) is 71.4 cm³/mol. The van der Waals surface area contributed by atoms with Crippen molar-refractivity contribution in [3.05, 3.63) is 35.4 Å². The molecule has 0 unspecified atom stereocenters. The minimum absolute atomic E-state index is 0.253. The zero-order valence-electron chi connectivity index (χ0n) is 11.6. The molecule has 0 aromatic heterocycles. The third-order valence-electron chi connectivity index (χ3n) is 2.87. The van der Waals surface area contributed by atoms with E-state index in [4.69, 9.17) is 5.73 Å². The lowest BCUT2D eigenvalue weighted by Gasteiger charge is -2.27. The van der Waals surface area contributed by atoms with Crippen LogP contribution in [0.25, 0.3) is 0 Å². The van der Waals surface area contributed by atoms with E-state index in [1.165, 1.54) is 0 Å². The molecule has 0 aliphatic carbocycles. The Morgan fingerprint density at radius 3 is 2.20 bits per heavy atom. The number of carbonyl (C=O) groups is 1. The van der Waals surface area contributed by atoms with Crippen molar-refractivity contribution in [3.63, 3.8) is 0 Å². The molecule has 6 heteroatoms. The summed E-state index contributed by atoms with van der Waals surface area (Å²) in [6.45, 7) is 2.37. The van der Waals surface area contributed by atoms with Crippen LogP contribution in [0.1, 0.15) is 29.8 Å². The smallest absolute Gasteiger partial charge is 0.330 e. The summed E-state index contributed by atoms with van der Waals surface area (Å²) in [5.41, 5.74) is 6.62. The maximum atomic E-state index is 12.5. The first kappa shape index (κ1) is 16.5. The molecule has 2 N–H and O–H groups in total. The quantitative estimate of drug-likeness (QED) is 0.905. The summed E-state index contributed by atoms with van der Waals surface area (Å²) in [5, 5.41) is 0. The van der Waals surface area contributed by atoms with Crippen molar-refractivity contribution in [3.8, 4) is 0 Å². The molecule has 20 heavy (non-hydrogen) atoms. The summed E-state index contributed by atoms with van der Waals surface area (Å²) in [6, 6.07) is 5.99. The van der Waals surface area contributed by atoms with Crippen LogP contribution in [0.15, 0.2) is 24.3 Å². The van der Waals surface area contributed by atoms with Gasteiger partial charge in [-0.1, -0.05) is 12.1 Å². The van der Waals surface area contributed by atoms with Gasteiger partial charge in [-0.3, -0.25) is 4.79 Å². The van der Waals surface area contributed by atoms with E-state index >= 15 is 0 Å². The first-order valence-electron chi connectivity index (χ1n) is 6.41. The average molecular weight is 288 g/mol. The van der Waals surface area contributed by atoms with E-state index in [1.54, 1.807) is 38.1 Å². The van der Waals surface area contributed by atoms with Crippen molar-refractivity contribution in [2.24, 2.45) is 5.73 Å². The number of hydrogen-bond acceptors (Lipinski definition) is 2. The van der Waals surface area contributed by atoms with Crippen molar-refractivity contribution < 1.29 is 18.0 Å². The molecule has 0 fully saturated rings. The topological polar surface area (TPSA) is 46.3 Å². The van der Waals surface area contributed by atoms with Gasteiger partial charge >= 0.3 is 6.18 Å². The molecule has 0 atom stereocenters. The van der Waals surface area contributed by atoms with Gasteiger partial charge in [0.15, 0.2) is 0 Å². The van der Waals surface area contributed by atoms with Crippen LogP contribution in [0.5, 0.6) is 0 Å². The van der Waals surface area contributed by atoms with Gasteiger partial charge in [-0.15, -0.1) is 0 Å². The monoisotopic (exact) mass is 288 g/mol. The number of amides is 1. The van der Waals surface area contributed by atoms with Crippen molar-refractivity contribution in [1.82, 2.24) is 4.90 Å². The molecule has 112 valence electrons. The highest BCUT2D eigenvalue weighted by molar-refractivity contribution is 5.94. The normalized spacial score (nSPS) is 11.8. The lowest BCUT2D eigenvalue weighted by Crippen LogP contribution is -2.43. The lowest BCUT2D eigenvalue weighted by atomic mass is 10.1. The van der Waals surface area contributed by atoms with Crippen molar-refractivity contribution in [2.45, 2.75) is 32.5 Å². The third-order valence-corrected chi connectivity index (χ3v) is 2.87. The molecule has 0 heterocycles. The Morgan fingerprint density at radius 2 is 1.80 bits per heavy atom. The summed E-state index contributed by atoms with van der Waals surface area (Å²) >= 11 is 0. The molecule has 0 spiro atoms. The van der Waals surface area contributed by atoms with Crippen LogP contribution in [0, 0.1) is 0 Å². The van der Waals surface area contributed by atoms with E-state index in [0.29, 0.717) is 13.0 Å². The summed E-state index contributed by atoms with van der Waals surface area (Å²) in [7, 11) is 0. The van der Waals surface area contributed by atoms with Crippen LogP contribution in [0.3, 0.4) is 0 Å². The molecule has 1 rings (SSSR count). The number of halogens is 3. The van der Waals surface area contributed by atoms with Crippen LogP contribution in [-0.4, -0.2) is 36.1 Å². The Balaban J connectivity index is 2.89. The van der Waals surface area contributed by atoms with Crippen LogP contribution < -0.4 is 5.73 Å². The molecule has 0 bridgehead atoms. The van der Waals surface area contributed by atoms with Gasteiger partial charge in [-0.05, 0) is 44.5 Å². The highest BCUT2D eigenvalue weighted by Gasteiger charge is 2.34. The van der Waals surface area contributed by atoms with Crippen LogP contribution in [0.2, 0.25) is 0 Å². The maximum Gasteiger partial charge on any atom is 0.406 e. The van der Waals surface area contributed by atoms with Gasteiger partial charge in [0, 0.05) is 11.6 Å². The summed E-state index contributed by atoms with van der Waals surface area (Å²) in [4.78, 5) is 13.0. The van der Waals surface area contributed by atoms with Crippen LogP contribution >= 0.6 is 0 Å². The average Bonchev–Trinajstić information content (AvgIpc) is 2.35. The number of rotatable bonds is 5. The SMILES string of the molecule is CC(C)N(CC(F)(F)F)C(=O)c1ccc(CCN)cc1. The standard InChI is InChI=1S/C14H19F3N2O/c1-10(2)19(9-14(15,16)17)13(20)12-5-3-11(4-6-12)7-8-18/h3-6,10H,7-9,18H2,1-2H3. The second-order valence-corrected chi connectivity index (χ2v) is 4.88. The fourth-order valence-electron chi connectivity index (χ4n) is 1.83. The summed E-state index contributed by atoms with van der Waals surface area (Å²) < 4.78 is 37.5. The molecule has 0 aliphatic heterocycles. The Morgan fingerprint density at radius 1 is 1.25 bits per heavy atom. The number of benzene rings is 1. The van der Waals surface area contributed by atoms with E-state index in [1.807, 2.05) is 0 Å². The molecule has 0 saturated heterocycles. The van der Waals surface area contributed by atoms with Gasteiger partial charge in [-0.25, -0.2) is 0 Å². The molecule has 0 saturated carbocycles. The van der Waals surface area contributed by atoms with E-state index in [0.717, 1.165) is 10.5 Å².